The van der Waals surface area contributed by atoms with Gasteiger partial charge in [-0.1, -0.05) is 41.8 Å². The van der Waals surface area contributed by atoms with Crippen LogP contribution in [0.15, 0.2) is 18.2 Å². The fourth-order valence-electron chi connectivity index (χ4n) is 2.90. The highest BCUT2D eigenvalue weighted by molar-refractivity contribution is 6.42. The van der Waals surface area contributed by atoms with Crippen LogP contribution in [0.4, 0.5) is 0 Å². The summed E-state index contributed by atoms with van der Waals surface area (Å²) in [6.07, 6.45) is 4.63. The summed E-state index contributed by atoms with van der Waals surface area (Å²) in [4.78, 5) is 2.51. The molecule has 0 saturated carbocycles. The first-order valence-electron chi connectivity index (χ1n) is 7.36. The fraction of sp³-hybridized carbons (Fsp3) is 0.625. The molecular formula is C16H24Cl2N2. The lowest BCUT2D eigenvalue weighted by Crippen LogP contribution is -2.58. The molecule has 0 aromatic heterocycles. The molecule has 2 rings (SSSR count). The second-order valence-corrected chi connectivity index (χ2v) is 7.01. The molecule has 2 N–H and O–H groups in total. The molecule has 1 heterocycles. The van der Waals surface area contributed by atoms with Gasteiger partial charge in [0.2, 0.25) is 0 Å². The Bertz CT molecular complexity index is 454. The molecule has 4 heteroatoms. The number of benzene rings is 1. The molecule has 0 aliphatic carbocycles. The third kappa shape index (κ3) is 3.48. The van der Waals surface area contributed by atoms with Crippen LogP contribution in [0.1, 0.15) is 38.7 Å². The maximum Gasteiger partial charge on any atom is 0.0624 e. The van der Waals surface area contributed by atoms with Gasteiger partial charge >= 0.3 is 0 Å². The predicted molar refractivity (Wildman–Crippen MR) is 87.6 cm³/mol. The van der Waals surface area contributed by atoms with E-state index in [1.165, 1.54) is 19.3 Å². The lowest BCUT2D eigenvalue weighted by molar-refractivity contribution is 0.0731. The second kappa shape index (κ2) is 6.65. The van der Waals surface area contributed by atoms with Crippen LogP contribution in [0.2, 0.25) is 10.0 Å². The third-order valence-corrected chi connectivity index (χ3v) is 5.41. The van der Waals surface area contributed by atoms with E-state index in [2.05, 4.69) is 18.7 Å². The summed E-state index contributed by atoms with van der Waals surface area (Å²) in [7, 11) is 0. The summed E-state index contributed by atoms with van der Waals surface area (Å²) >= 11 is 12.3. The summed E-state index contributed by atoms with van der Waals surface area (Å²) in [6, 6.07) is 5.80. The zero-order chi connectivity index (χ0) is 14.8. The zero-order valence-electron chi connectivity index (χ0n) is 12.3. The molecule has 2 nitrogen and oxygen atoms in total. The number of nitrogens with two attached hydrogens (primary N) is 1. The SMILES string of the molecule is CC(C)(C(N)Cc1cccc(Cl)c1Cl)N1CCCCC1. The summed E-state index contributed by atoms with van der Waals surface area (Å²) < 4.78 is 0. The van der Waals surface area contributed by atoms with Gasteiger partial charge in [0.15, 0.2) is 0 Å². The molecule has 1 aliphatic rings. The highest BCUT2D eigenvalue weighted by Gasteiger charge is 2.34. The number of piperidine rings is 1. The maximum atomic E-state index is 6.49. The minimum atomic E-state index is -0.0218. The number of likely N-dealkylation sites (tertiary alicyclic amines) is 1. The summed E-state index contributed by atoms with van der Waals surface area (Å²) in [6.45, 7) is 6.76. The van der Waals surface area contributed by atoms with Crippen LogP contribution in [0.3, 0.4) is 0 Å². The van der Waals surface area contributed by atoms with Crippen LogP contribution in [0.25, 0.3) is 0 Å². The van der Waals surface area contributed by atoms with Crippen LogP contribution >= 0.6 is 23.2 Å². The Morgan fingerprint density at radius 3 is 2.50 bits per heavy atom. The van der Waals surface area contributed by atoms with E-state index < -0.39 is 0 Å². The first-order valence-corrected chi connectivity index (χ1v) is 8.12. The van der Waals surface area contributed by atoms with Gasteiger partial charge in [0.05, 0.1) is 10.0 Å². The average Bonchev–Trinajstić information content (AvgIpc) is 2.44. The molecule has 0 radical (unpaired) electrons. The van der Waals surface area contributed by atoms with Crippen molar-refractivity contribution in [3.05, 3.63) is 33.8 Å². The van der Waals surface area contributed by atoms with Crippen LogP contribution in [0, 0.1) is 0 Å². The van der Waals surface area contributed by atoms with E-state index >= 15 is 0 Å². The van der Waals surface area contributed by atoms with Gasteiger partial charge in [-0.05, 0) is 57.8 Å². The topological polar surface area (TPSA) is 29.3 Å². The first-order chi connectivity index (χ1) is 9.43. The Morgan fingerprint density at radius 2 is 1.85 bits per heavy atom. The lowest BCUT2D eigenvalue weighted by atomic mass is 9.87. The van der Waals surface area contributed by atoms with Gasteiger partial charge < -0.3 is 5.73 Å². The van der Waals surface area contributed by atoms with Crippen molar-refractivity contribution >= 4 is 23.2 Å². The first kappa shape index (κ1) is 16.1. The van der Waals surface area contributed by atoms with Crippen molar-refractivity contribution in [3.8, 4) is 0 Å². The predicted octanol–water partition coefficient (Wildman–Crippen LogP) is 4.13. The van der Waals surface area contributed by atoms with Crippen LogP contribution in [-0.4, -0.2) is 29.6 Å². The van der Waals surface area contributed by atoms with Crippen molar-refractivity contribution in [2.75, 3.05) is 13.1 Å². The number of rotatable bonds is 4. The van der Waals surface area contributed by atoms with Crippen LogP contribution in [0.5, 0.6) is 0 Å². The molecular weight excluding hydrogens is 291 g/mol. The Kier molecular flexibility index (Phi) is 5.36. The smallest absolute Gasteiger partial charge is 0.0624 e. The summed E-state index contributed by atoms with van der Waals surface area (Å²) in [5, 5.41) is 1.24. The largest absolute Gasteiger partial charge is 0.326 e. The molecule has 0 bridgehead atoms. The van der Waals surface area contributed by atoms with E-state index in [1.807, 2.05) is 18.2 Å². The molecule has 1 atom stereocenters. The monoisotopic (exact) mass is 314 g/mol. The minimum Gasteiger partial charge on any atom is -0.326 e. The maximum absolute atomic E-state index is 6.49. The molecule has 0 amide bonds. The molecule has 1 aliphatic heterocycles. The molecule has 1 aromatic rings. The van der Waals surface area contributed by atoms with E-state index in [9.17, 15) is 0 Å². The molecule has 1 fully saturated rings. The highest BCUT2D eigenvalue weighted by Crippen LogP contribution is 2.29. The molecule has 1 saturated heterocycles. The Hall–Kier alpha value is -0.280. The van der Waals surface area contributed by atoms with E-state index in [1.54, 1.807) is 0 Å². The van der Waals surface area contributed by atoms with Crippen molar-refractivity contribution in [2.45, 2.75) is 51.1 Å². The Balaban J connectivity index is 2.09. The van der Waals surface area contributed by atoms with E-state index in [4.69, 9.17) is 28.9 Å². The van der Waals surface area contributed by atoms with Gasteiger partial charge in [-0.2, -0.15) is 0 Å². The quantitative estimate of drug-likeness (QED) is 0.905. The van der Waals surface area contributed by atoms with Crippen LogP contribution < -0.4 is 5.73 Å². The highest BCUT2D eigenvalue weighted by atomic mass is 35.5. The molecule has 1 aromatic carbocycles. The van der Waals surface area contributed by atoms with Crippen molar-refractivity contribution in [1.29, 1.82) is 0 Å². The third-order valence-electron chi connectivity index (χ3n) is 4.55. The lowest BCUT2D eigenvalue weighted by Gasteiger charge is -2.44. The average molecular weight is 315 g/mol. The number of nitrogens with zero attached hydrogens (tertiary/aromatic N) is 1. The van der Waals surface area contributed by atoms with Gasteiger partial charge in [-0.15, -0.1) is 0 Å². The normalized spacial score (nSPS) is 19.1. The number of hydrogen-bond donors (Lipinski definition) is 1. The van der Waals surface area contributed by atoms with Gasteiger partial charge in [0.25, 0.3) is 0 Å². The Labute approximate surface area is 132 Å². The van der Waals surface area contributed by atoms with Crippen molar-refractivity contribution in [2.24, 2.45) is 5.73 Å². The molecule has 112 valence electrons. The van der Waals surface area contributed by atoms with Gasteiger partial charge in [-0.25, -0.2) is 0 Å². The van der Waals surface area contributed by atoms with E-state index in [-0.39, 0.29) is 11.6 Å². The summed E-state index contributed by atoms with van der Waals surface area (Å²) in [5.74, 6) is 0. The zero-order valence-corrected chi connectivity index (χ0v) is 13.8. The van der Waals surface area contributed by atoms with E-state index in [0.29, 0.717) is 10.0 Å². The number of hydrogen-bond acceptors (Lipinski definition) is 2. The Morgan fingerprint density at radius 1 is 1.20 bits per heavy atom. The molecule has 1 unspecified atom stereocenters. The van der Waals surface area contributed by atoms with Crippen LogP contribution in [-0.2, 0) is 6.42 Å². The molecule has 20 heavy (non-hydrogen) atoms. The number of halogens is 2. The van der Waals surface area contributed by atoms with Crippen molar-refractivity contribution in [3.63, 3.8) is 0 Å². The van der Waals surface area contributed by atoms with Crippen molar-refractivity contribution in [1.82, 2.24) is 4.90 Å². The second-order valence-electron chi connectivity index (χ2n) is 6.22. The van der Waals surface area contributed by atoms with Gasteiger partial charge in [0.1, 0.15) is 0 Å². The standard InChI is InChI=1S/C16H24Cl2N2/c1-16(2,20-9-4-3-5-10-20)14(19)11-12-7-6-8-13(17)15(12)18/h6-8,14H,3-5,9-11,19H2,1-2H3. The summed E-state index contributed by atoms with van der Waals surface area (Å²) in [5.41, 5.74) is 7.51. The van der Waals surface area contributed by atoms with E-state index in [0.717, 1.165) is 25.1 Å². The van der Waals surface area contributed by atoms with Crippen molar-refractivity contribution < 1.29 is 0 Å². The van der Waals surface area contributed by atoms with Gasteiger partial charge in [0, 0.05) is 11.6 Å². The minimum absolute atomic E-state index is 0.0218. The van der Waals surface area contributed by atoms with Gasteiger partial charge in [-0.3, -0.25) is 4.90 Å². The fourth-order valence-corrected chi connectivity index (χ4v) is 3.29. The molecule has 0 spiro atoms.